The molecule has 0 spiro atoms. The van der Waals surface area contributed by atoms with E-state index in [4.69, 9.17) is 14.3 Å². The summed E-state index contributed by atoms with van der Waals surface area (Å²) in [6, 6.07) is 0. The van der Waals surface area contributed by atoms with Gasteiger partial charge in [0.05, 0.1) is 23.2 Å². The number of nitrogens with one attached hydrogen (secondary N) is 1. The molecule has 0 amide bonds. The van der Waals surface area contributed by atoms with Gasteiger partial charge in [-0.05, 0) is 94.5 Å². The maximum absolute atomic E-state index is 13.2. The maximum atomic E-state index is 13.2. The Bertz CT molecular complexity index is 926. The number of ketones is 1. The van der Waals surface area contributed by atoms with E-state index in [1.165, 1.54) is 12.8 Å². The zero-order valence-corrected chi connectivity index (χ0v) is 21.4. The molecule has 188 valence electrons. The second-order valence-electron chi connectivity index (χ2n) is 12.1. The molecule has 0 bridgehead atoms. The van der Waals surface area contributed by atoms with Gasteiger partial charge in [0.15, 0.2) is 5.78 Å². The van der Waals surface area contributed by atoms with Gasteiger partial charge in [-0.3, -0.25) is 9.63 Å². The molecule has 2 aliphatic heterocycles. The fourth-order valence-corrected chi connectivity index (χ4v) is 8.51. The second kappa shape index (κ2) is 8.56. The first kappa shape index (κ1) is 24.2. The highest BCUT2D eigenvalue weighted by Crippen LogP contribution is 2.66. The van der Waals surface area contributed by atoms with Gasteiger partial charge < -0.3 is 9.47 Å². The number of hydrogen-bond donors (Lipinski definition) is 1. The molecule has 5 rings (SSSR count). The Morgan fingerprint density at radius 2 is 1.94 bits per heavy atom. The molecular formula is C28H41NO5. The molecule has 0 aromatic rings. The van der Waals surface area contributed by atoms with Gasteiger partial charge >= 0.3 is 5.97 Å². The van der Waals surface area contributed by atoms with Crippen molar-refractivity contribution in [1.29, 1.82) is 0 Å². The third-order valence-corrected chi connectivity index (χ3v) is 10.8. The van der Waals surface area contributed by atoms with Crippen LogP contribution in [0.5, 0.6) is 0 Å². The zero-order valence-electron chi connectivity index (χ0n) is 21.4. The molecule has 34 heavy (non-hydrogen) atoms. The summed E-state index contributed by atoms with van der Waals surface area (Å²) in [6.07, 6.45) is 10.9. The van der Waals surface area contributed by atoms with E-state index in [-0.39, 0.29) is 35.5 Å². The standard InChI is InChI=1S/C28H41NO5/c1-17-13-19(34-25(31)20(17)16-33-29-5)14-18-8-9-22-21-15-32-27(3)11-6-7-24(30)28(27,4)23(21)10-12-26(18,22)2/h6-7,18-19,21-23,29H,8-16H2,1-5H3. The quantitative estimate of drug-likeness (QED) is 0.469. The number of hydroxylamine groups is 1. The lowest BCUT2D eigenvalue weighted by Crippen LogP contribution is -2.65. The van der Waals surface area contributed by atoms with E-state index < -0.39 is 5.41 Å². The van der Waals surface area contributed by atoms with E-state index in [2.05, 4.69) is 26.3 Å². The molecule has 0 aromatic heterocycles. The minimum atomic E-state index is -0.434. The minimum Gasteiger partial charge on any atom is -0.459 e. The predicted molar refractivity (Wildman–Crippen MR) is 129 cm³/mol. The van der Waals surface area contributed by atoms with Crippen molar-refractivity contribution in [3.8, 4) is 0 Å². The number of esters is 1. The molecule has 0 aromatic carbocycles. The van der Waals surface area contributed by atoms with E-state index in [0.29, 0.717) is 29.2 Å². The molecule has 5 aliphatic rings. The molecule has 0 radical (unpaired) electrons. The van der Waals surface area contributed by atoms with Gasteiger partial charge in [-0.1, -0.05) is 18.6 Å². The fraction of sp³-hybridized carbons (Fsp3) is 0.786. The number of allylic oxidation sites excluding steroid dienone is 1. The van der Waals surface area contributed by atoms with Crippen LogP contribution in [0.15, 0.2) is 23.3 Å². The molecule has 2 heterocycles. The summed E-state index contributed by atoms with van der Waals surface area (Å²) in [5.74, 6) is 1.92. The third-order valence-electron chi connectivity index (χ3n) is 10.8. The summed E-state index contributed by atoms with van der Waals surface area (Å²) in [7, 11) is 1.69. The van der Waals surface area contributed by atoms with Gasteiger partial charge in [0.1, 0.15) is 12.7 Å². The van der Waals surface area contributed by atoms with Crippen molar-refractivity contribution >= 4 is 11.8 Å². The number of fused-ring (bicyclic) bond motifs is 5. The van der Waals surface area contributed by atoms with Gasteiger partial charge in [-0.2, -0.15) is 0 Å². The van der Waals surface area contributed by atoms with Crippen LogP contribution < -0.4 is 5.48 Å². The van der Waals surface area contributed by atoms with E-state index >= 15 is 0 Å². The highest BCUT2D eigenvalue weighted by molar-refractivity contribution is 5.97. The lowest BCUT2D eigenvalue weighted by molar-refractivity contribution is -0.229. The van der Waals surface area contributed by atoms with Crippen LogP contribution in [0.3, 0.4) is 0 Å². The molecule has 2 saturated carbocycles. The van der Waals surface area contributed by atoms with Crippen LogP contribution in [0, 0.1) is 34.5 Å². The summed E-state index contributed by atoms with van der Waals surface area (Å²) in [5, 5.41) is 0. The monoisotopic (exact) mass is 471 g/mol. The van der Waals surface area contributed by atoms with Gasteiger partial charge in [0.25, 0.3) is 0 Å². The molecule has 3 aliphatic carbocycles. The van der Waals surface area contributed by atoms with Crippen LogP contribution >= 0.6 is 0 Å². The highest BCUT2D eigenvalue weighted by atomic mass is 16.6. The number of hydrogen-bond acceptors (Lipinski definition) is 6. The van der Waals surface area contributed by atoms with Gasteiger partial charge in [-0.15, -0.1) is 0 Å². The van der Waals surface area contributed by atoms with Crippen LogP contribution in [-0.2, 0) is 23.9 Å². The largest absolute Gasteiger partial charge is 0.459 e. The first-order valence-electron chi connectivity index (χ1n) is 13.2. The van der Waals surface area contributed by atoms with Crippen LogP contribution in [-0.4, -0.2) is 43.7 Å². The van der Waals surface area contributed by atoms with Crippen LogP contribution in [0.2, 0.25) is 0 Å². The lowest BCUT2D eigenvalue weighted by Gasteiger charge is -2.62. The molecule has 6 nitrogen and oxygen atoms in total. The van der Waals surface area contributed by atoms with Gasteiger partial charge in [-0.25, -0.2) is 10.3 Å². The van der Waals surface area contributed by atoms with Gasteiger partial charge in [0, 0.05) is 13.5 Å². The van der Waals surface area contributed by atoms with E-state index in [1.54, 1.807) is 7.05 Å². The molecule has 8 unspecified atom stereocenters. The first-order chi connectivity index (χ1) is 16.1. The van der Waals surface area contributed by atoms with E-state index in [1.807, 2.05) is 19.1 Å². The number of cyclic esters (lactones) is 1. The Morgan fingerprint density at radius 3 is 2.68 bits per heavy atom. The Balaban J connectivity index is 1.32. The lowest BCUT2D eigenvalue weighted by atomic mass is 9.47. The Labute approximate surface area is 203 Å². The van der Waals surface area contributed by atoms with Crippen LogP contribution in [0.4, 0.5) is 0 Å². The summed E-state index contributed by atoms with van der Waals surface area (Å²) < 4.78 is 12.5. The average molecular weight is 472 g/mol. The zero-order chi connectivity index (χ0) is 24.3. The topological polar surface area (TPSA) is 73.9 Å². The van der Waals surface area contributed by atoms with Crippen molar-refractivity contribution in [3.63, 3.8) is 0 Å². The number of rotatable bonds is 5. The van der Waals surface area contributed by atoms with Crippen molar-refractivity contribution < 1.29 is 23.9 Å². The maximum Gasteiger partial charge on any atom is 0.336 e. The van der Waals surface area contributed by atoms with E-state index in [9.17, 15) is 9.59 Å². The molecule has 1 N–H and O–H groups in total. The van der Waals surface area contributed by atoms with E-state index in [0.717, 1.165) is 44.3 Å². The Hall–Kier alpha value is -1.50. The number of carbonyl (C=O) groups is 2. The molecule has 6 heteroatoms. The van der Waals surface area contributed by atoms with Crippen molar-refractivity contribution in [2.45, 2.75) is 84.3 Å². The SMILES string of the molecule is CNOCC1=C(C)CC(CC2CCC3C4COC5(C)CC=CC(=O)C5(C)C4CCC23C)OC1=O. The molecular weight excluding hydrogens is 430 g/mol. The highest BCUT2D eigenvalue weighted by Gasteiger charge is 2.65. The summed E-state index contributed by atoms with van der Waals surface area (Å²) >= 11 is 0. The fourth-order valence-electron chi connectivity index (χ4n) is 8.51. The van der Waals surface area contributed by atoms with Gasteiger partial charge in [0.2, 0.25) is 0 Å². The molecule has 3 fully saturated rings. The van der Waals surface area contributed by atoms with Crippen molar-refractivity contribution in [2.24, 2.45) is 34.5 Å². The first-order valence-corrected chi connectivity index (χ1v) is 13.2. The summed E-state index contributed by atoms with van der Waals surface area (Å²) in [5.41, 5.74) is 3.74. The second-order valence-corrected chi connectivity index (χ2v) is 12.1. The predicted octanol–water partition coefficient (Wildman–Crippen LogP) is 4.54. The Kier molecular flexibility index (Phi) is 6.10. The minimum absolute atomic E-state index is 0.0578. The third kappa shape index (κ3) is 3.47. The van der Waals surface area contributed by atoms with Crippen LogP contribution in [0.1, 0.15) is 72.6 Å². The molecule has 1 saturated heterocycles. The smallest absolute Gasteiger partial charge is 0.336 e. The van der Waals surface area contributed by atoms with Crippen LogP contribution in [0.25, 0.3) is 0 Å². The normalized spacial score (nSPS) is 46.1. The summed E-state index contributed by atoms with van der Waals surface area (Å²) in [6.45, 7) is 9.82. The van der Waals surface area contributed by atoms with Crippen molar-refractivity contribution in [3.05, 3.63) is 23.3 Å². The van der Waals surface area contributed by atoms with Crippen molar-refractivity contribution in [1.82, 2.24) is 5.48 Å². The molecule has 8 atom stereocenters. The number of ether oxygens (including phenoxy) is 2. The Morgan fingerprint density at radius 1 is 1.15 bits per heavy atom. The number of carbonyl (C=O) groups excluding carboxylic acids is 2. The summed E-state index contributed by atoms with van der Waals surface area (Å²) in [4.78, 5) is 31.1. The average Bonchev–Trinajstić information content (AvgIpc) is 3.11. The van der Waals surface area contributed by atoms with Crippen molar-refractivity contribution in [2.75, 3.05) is 20.3 Å².